The van der Waals surface area contributed by atoms with Crippen molar-refractivity contribution < 1.29 is 9.59 Å². The SMILES string of the molecule is CC(=O)N1C[C@H]2CN(C(=O)CCc3ccccn3)C[C@H]2[C@H]1c1ccccc1. The van der Waals surface area contributed by atoms with Gasteiger partial charge >= 0.3 is 0 Å². The van der Waals surface area contributed by atoms with Gasteiger partial charge in [-0.3, -0.25) is 14.6 Å². The number of aromatic nitrogens is 1. The molecule has 5 heteroatoms. The smallest absolute Gasteiger partial charge is 0.222 e. The van der Waals surface area contributed by atoms with Crippen molar-refractivity contribution in [1.29, 1.82) is 0 Å². The van der Waals surface area contributed by atoms with Crippen LogP contribution in [-0.2, 0) is 16.0 Å². The Morgan fingerprint density at radius 1 is 1.04 bits per heavy atom. The van der Waals surface area contributed by atoms with Gasteiger partial charge < -0.3 is 9.80 Å². The number of fused-ring (bicyclic) bond motifs is 1. The van der Waals surface area contributed by atoms with Crippen LogP contribution in [0.2, 0.25) is 0 Å². The number of likely N-dealkylation sites (tertiary alicyclic amines) is 2. The lowest BCUT2D eigenvalue weighted by Gasteiger charge is -2.29. The van der Waals surface area contributed by atoms with Gasteiger partial charge in [0.05, 0.1) is 6.04 Å². The van der Waals surface area contributed by atoms with E-state index in [9.17, 15) is 9.59 Å². The number of rotatable bonds is 4. The molecule has 0 radical (unpaired) electrons. The van der Waals surface area contributed by atoms with E-state index in [0.717, 1.165) is 25.3 Å². The van der Waals surface area contributed by atoms with Crippen LogP contribution in [0.4, 0.5) is 0 Å². The van der Waals surface area contributed by atoms with Crippen LogP contribution in [0.3, 0.4) is 0 Å². The molecule has 3 heterocycles. The van der Waals surface area contributed by atoms with E-state index < -0.39 is 0 Å². The van der Waals surface area contributed by atoms with Crippen LogP contribution in [0.15, 0.2) is 54.7 Å². The van der Waals surface area contributed by atoms with Gasteiger partial charge in [-0.2, -0.15) is 0 Å². The van der Waals surface area contributed by atoms with E-state index in [1.165, 1.54) is 5.56 Å². The fourth-order valence-electron chi connectivity index (χ4n) is 4.59. The van der Waals surface area contributed by atoms with Crippen LogP contribution in [0.5, 0.6) is 0 Å². The summed E-state index contributed by atoms with van der Waals surface area (Å²) in [6, 6.07) is 16.1. The molecule has 1 aromatic carbocycles. The van der Waals surface area contributed by atoms with Crippen LogP contribution in [0, 0.1) is 11.8 Å². The molecule has 2 aliphatic heterocycles. The van der Waals surface area contributed by atoms with E-state index in [2.05, 4.69) is 17.1 Å². The van der Waals surface area contributed by atoms with Gasteiger partial charge in [-0.25, -0.2) is 0 Å². The molecule has 140 valence electrons. The fraction of sp³-hybridized carbons (Fsp3) is 0.409. The van der Waals surface area contributed by atoms with Gasteiger partial charge in [0, 0.05) is 56.7 Å². The van der Waals surface area contributed by atoms with Gasteiger partial charge in [-0.15, -0.1) is 0 Å². The molecule has 0 bridgehead atoms. The summed E-state index contributed by atoms with van der Waals surface area (Å²) in [7, 11) is 0. The topological polar surface area (TPSA) is 53.5 Å². The minimum Gasteiger partial charge on any atom is -0.342 e. The van der Waals surface area contributed by atoms with Crippen LogP contribution in [0.25, 0.3) is 0 Å². The first-order valence-electron chi connectivity index (χ1n) is 9.63. The van der Waals surface area contributed by atoms with Gasteiger partial charge in [-0.05, 0) is 24.1 Å². The number of amides is 2. The zero-order valence-corrected chi connectivity index (χ0v) is 15.6. The minimum absolute atomic E-state index is 0.0716. The number of nitrogens with zero attached hydrogens (tertiary/aromatic N) is 3. The third-order valence-electron chi connectivity index (χ3n) is 5.88. The number of aryl methyl sites for hydroxylation is 1. The third kappa shape index (κ3) is 3.59. The Balaban J connectivity index is 1.44. The Morgan fingerprint density at radius 3 is 2.52 bits per heavy atom. The molecule has 0 spiro atoms. The highest BCUT2D eigenvalue weighted by Gasteiger charge is 2.49. The van der Waals surface area contributed by atoms with Crippen molar-refractivity contribution in [2.45, 2.75) is 25.8 Å². The van der Waals surface area contributed by atoms with E-state index in [-0.39, 0.29) is 17.9 Å². The van der Waals surface area contributed by atoms with Crippen molar-refractivity contribution in [2.75, 3.05) is 19.6 Å². The van der Waals surface area contributed by atoms with Gasteiger partial charge in [0.15, 0.2) is 0 Å². The summed E-state index contributed by atoms with van der Waals surface area (Å²) < 4.78 is 0. The molecule has 0 aliphatic carbocycles. The van der Waals surface area contributed by atoms with E-state index >= 15 is 0 Å². The largest absolute Gasteiger partial charge is 0.342 e. The van der Waals surface area contributed by atoms with E-state index in [0.29, 0.717) is 24.7 Å². The zero-order valence-electron chi connectivity index (χ0n) is 15.6. The van der Waals surface area contributed by atoms with Crippen molar-refractivity contribution in [3.8, 4) is 0 Å². The summed E-state index contributed by atoms with van der Waals surface area (Å²) in [6.07, 6.45) is 2.93. The first-order valence-corrected chi connectivity index (χ1v) is 9.63. The number of carbonyl (C=O) groups is 2. The molecule has 3 atom stereocenters. The fourth-order valence-corrected chi connectivity index (χ4v) is 4.59. The van der Waals surface area contributed by atoms with Crippen LogP contribution < -0.4 is 0 Å². The Kier molecular flexibility index (Phi) is 4.92. The second kappa shape index (κ2) is 7.51. The molecule has 2 aromatic rings. The maximum Gasteiger partial charge on any atom is 0.222 e. The second-order valence-electron chi connectivity index (χ2n) is 7.57. The van der Waals surface area contributed by atoms with E-state index in [4.69, 9.17) is 0 Å². The average Bonchev–Trinajstić information content (AvgIpc) is 3.25. The van der Waals surface area contributed by atoms with Crippen LogP contribution in [0.1, 0.15) is 30.6 Å². The maximum atomic E-state index is 12.7. The molecule has 1 aromatic heterocycles. The molecule has 27 heavy (non-hydrogen) atoms. The van der Waals surface area contributed by atoms with Gasteiger partial charge in [0.25, 0.3) is 0 Å². The lowest BCUT2D eigenvalue weighted by Crippen LogP contribution is -2.36. The van der Waals surface area contributed by atoms with Gasteiger partial charge in [-0.1, -0.05) is 36.4 Å². The number of hydrogen-bond acceptors (Lipinski definition) is 3. The van der Waals surface area contributed by atoms with Crippen molar-refractivity contribution in [3.63, 3.8) is 0 Å². The first-order chi connectivity index (χ1) is 13.1. The molecule has 2 amide bonds. The second-order valence-corrected chi connectivity index (χ2v) is 7.57. The van der Waals surface area contributed by atoms with Crippen molar-refractivity contribution in [1.82, 2.24) is 14.8 Å². The molecule has 0 saturated carbocycles. The molecule has 0 N–H and O–H groups in total. The van der Waals surface area contributed by atoms with Crippen LogP contribution in [-0.4, -0.2) is 46.2 Å². The number of pyridine rings is 1. The maximum absolute atomic E-state index is 12.7. The molecular weight excluding hydrogens is 338 g/mol. The average molecular weight is 363 g/mol. The van der Waals surface area contributed by atoms with Gasteiger partial charge in [0.1, 0.15) is 0 Å². The predicted octanol–water partition coefficient (Wildman–Crippen LogP) is 2.69. The normalized spacial score (nSPS) is 24.1. The van der Waals surface area contributed by atoms with E-state index in [1.807, 2.05) is 46.2 Å². The summed E-state index contributed by atoms with van der Waals surface area (Å²) in [5.74, 6) is 0.982. The monoisotopic (exact) mass is 363 g/mol. The first kappa shape index (κ1) is 17.7. The highest BCUT2D eigenvalue weighted by molar-refractivity contribution is 5.77. The van der Waals surface area contributed by atoms with Gasteiger partial charge in [0.2, 0.25) is 11.8 Å². The highest BCUT2D eigenvalue weighted by atomic mass is 16.2. The molecule has 2 saturated heterocycles. The summed E-state index contributed by atoms with van der Waals surface area (Å²) in [6.45, 7) is 3.87. The third-order valence-corrected chi connectivity index (χ3v) is 5.88. The Hall–Kier alpha value is -2.69. The molecule has 4 rings (SSSR count). The Labute approximate surface area is 160 Å². The number of carbonyl (C=O) groups excluding carboxylic acids is 2. The molecule has 5 nitrogen and oxygen atoms in total. The quantitative estimate of drug-likeness (QED) is 0.839. The van der Waals surface area contributed by atoms with E-state index in [1.54, 1.807) is 13.1 Å². The zero-order chi connectivity index (χ0) is 18.8. The molecule has 0 unspecified atom stereocenters. The summed E-state index contributed by atoms with van der Waals surface area (Å²) in [5.41, 5.74) is 2.12. The number of hydrogen-bond donors (Lipinski definition) is 0. The van der Waals surface area contributed by atoms with Crippen molar-refractivity contribution >= 4 is 11.8 Å². The molecular formula is C22H25N3O2. The Bertz CT molecular complexity index is 809. The van der Waals surface area contributed by atoms with Crippen molar-refractivity contribution in [3.05, 3.63) is 66.0 Å². The summed E-state index contributed by atoms with van der Waals surface area (Å²) in [4.78, 5) is 33.2. The summed E-state index contributed by atoms with van der Waals surface area (Å²) >= 11 is 0. The molecule has 2 fully saturated rings. The molecule has 2 aliphatic rings. The summed E-state index contributed by atoms with van der Waals surface area (Å²) in [5, 5.41) is 0. The minimum atomic E-state index is 0.0716. The highest BCUT2D eigenvalue weighted by Crippen LogP contribution is 2.45. The standard InChI is InChI=1S/C22H25N3O2/c1-16(26)25-14-18-13-24(21(27)11-10-19-9-5-6-12-23-19)15-20(18)22(25)17-7-3-2-4-8-17/h2-9,12,18,20,22H,10-11,13-15H2,1H3/t18-,20-,22-/m1/s1. The van der Waals surface area contributed by atoms with Crippen molar-refractivity contribution in [2.24, 2.45) is 11.8 Å². The predicted molar refractivity (Wildman–Crippen MR) is 103 cm³/mol. The Morgan fingerprint density at radius 2 is 1.81 bits per heavy atom. The number of benzene rings is 1. The lowest BCUT2D eigenvalue weighted by atomic mass is 9.89. The lowest BCUT2D eigenvalue weighted by molar-refractivity contribution is -0.131. The van der Waals surface area contributed by atoms with Crippen LogP contribution >= 0.6 is 0 Å².